The Morgan fingerprint density at radius 1 is 1.33 bits per heavy atom. The first-order chi connectivity index (χ1) is 11.3. The second-order valence-corrected chi connectivity index (χ2v) is 6.90. The molecule has 1 aliphatic carbocycles. The molecule has 1 heteroatoms. The van der Waals surface area contributed by atoms with E-state index in [-0.39, 0.29) is 5.92 Å². The van der Waals surface area contributed by atoms with E-state index >= 15 is 0 Å². The highest BCUT2D eigenvalue weighted by molar-refractivity contribution is 5.52. The zero-order valence-electron chi connectivity index (χ0n) is 16.0. The van der Waals surface area contributed by atoms with Crippen molar-refractivity contribution < 1.29 is 0 Å². The molecule has 0 aliphatic heterocycles. The first kappa shape index (κ1) is 20.0. The van der Waals surface area contributed by atoms with Gasteiger partial charge in [-0.25, -0.2) is 0 Å². The lowest BCUT2D eigenvalue weighted by Crippen LogP contribution is -2.14. The molecule has 0 heterocycles. The number of allylic oxidation sites excluding steroid dienone is 12. The number of hydrogen-bond acceptors (Lipinski definition) is 1. The van der Waals surface area contributed by atoms with Gasteiger partial charge >= 0.3 is 0 Å². The summed E-state index contributed by atoms with van der Waals surface area (Å²) in [5.74, 6) is 1.15. The van der Waals surface area contributed by atoms with Crippen molar-refractivity contribution in [2.24, 2.45) is 23.5 Å². The maximum atomic E-state index is 6.03. The van der Waals surface area contributed by atoms with Gasteiger partial charge in [-0.15, -0.1) is 0 Å². The van der Waals surface area contributed by atoms with Crippen LogP contribution >= 0.6 is 0 Å². The summed E-state index contributed by atoms with van der Waals surface area (Å²) in [5, 5.41) is 0. The van der Waals surface area contributed by atoms with Crippen molar-refractivity contribution >= 4 is 0 Å². The molecule has 0 saturated heterocycles. The Balaban J connectivity index is 3.34. The van der Waals surface area contributed by atoms with E-state index in [9.17, 15) is 0 Å². The number of hydrogen-bond donors (Lipinski definition) is 1. The molecule has 2 N–H and O–H groups in total. The molecule has 0 fully saturated rings. The van der Waals surface area contributed by atoms with Crippen molar-refractivity contribution in [2.45, 2.75) is 41.0 Å². The summed E-state index contributed by atoms with van der Waals surface area (Å²) in [4.78, 5) is 0. The van der Waals surface area contributed by atoms with Crippen molar-refractivity contribution in [1.82, 2.24) is 0 Å². The zero-order chi connectivity index (χ0) is 18.3. The van der Waals surface area contributed by atoms with Gasteiger partial charge in [0.05, 0.1) is 0 Å². The quantitative estimate of drug-likeness (QED) is 0.550. The fraction of sp³-hybridized carbons (Fsp3) is 0.391. The largest absolute Gasteiger partial charge is 0.402 e. The van der Waals surface area contributed by atoms with Crippen LogP contribution in [0.15, 0.2) is 83.7 Å². The summed E-state index contributed by atoms with van der Waals surface area (Å²) in [6, 6.07) is 0. The lowest BCUT2D eigenvalue weighted by molar-refractivity contribution is 0.509. The van der Waals surface area contributed by atoms with E-state index in [4.69, 9.17) is 5.73 Å². The minimum absolute atomic E-state index is 0.252. The molecule has 0 aromatic heterocycles. The van der Waals surface area contributed by atoms with Gasteiger partial charge in [-0.05, 0) is 48.0 Å². The Labute approximate surface area is 148 Å². The number of nitrogens with two attached hydrogens (primary N) is 1. The van der Waals surface area contributed by atoms with Crippen LogP contribution < -0.4 is 5.73 Å². The first-order valence-electron chi connectivity index (χ1n) is 8.86. The molecule has 1 aliphatic rings. The summed E-state index contributed by atoms with van der Waals surface area (Å²) in [5.41, 5.74) is 11.7. The van der Waals surface area contributed by atoms with Crippen molar-refractivity contribution in [3.05, 3.63) is 83.7 Å². The third kappa shape index (κ3) is 5.26. The van der Waals surface area contributed by atoms with E-state index < -0.39 is 0 Å². The summed E-state index contributed by atoms with van der Waals surface area (Å²) >= 11 is 0. The molecule has 2 atom stereocenters. The molecule has 24 heavy (non-hydrogen) atoms. The minimum Gasteiger partial charge on any atom is -0.402 e. The second kappa shape index (κ2) is 9.32. The molecule has 0 aromatic rings. The van der Waals surface area contributed by atoms with Crippen LogP contribution in [0, 0.1) is 17.8 Å². The highest BCUT2D eigenvalue weighted by Gasteiger charge is 2.21. The molecule has 1 nitrogen and oxygen atoms in total. The first-order valence-corrected chi connectivity index (χ1v) is 8.86. The van der Waals surface area contributed by atoms with E-state index in [1.165, 1.54) is 16.7 Å². The normalized spacial score (nSPS) is 20.3. The van der Waals surface area contributed by atoms with Crippen LogP contribution in [0.25, 0.3) is 0 Å². The van der Waals surface area contributed by atoms with Crippen molar-refractivity contribution in [3.63, 3.8) is 0 Å². The van der Waals surface area contributed by atoms with E-state index in [0.29, 0.717) is 11.8 Å². The predicted molar refractivity (Wildman–Crippen MR) is 108 cm³/mol. The highest BCUT2D eigenvalue weighted by atomic mass is 14.6. The van der Waals surface area contributed by atoms with E-state index in [1.54, 1.807) is 0 Å². The fourth-order valence-corrected chi connectivity index (χ4v) is 3.20. The lowest BCUT2D eigenvalue weighted by atomic mass is 9.79. The van der Waals surface area contributed by atoms with Crippen LogP contribution in [-0.2, 0) is 0 Å². The molecule has 0 aromatic carbocycles. The maximum absolute atomic E-state index is 6.03. The Hall–Kier alpha value is -2.02. The topological polar surface area (TPSA) is 26.0 Å². The smallest absolute Gasteiger partial charge is 0.00804 e. The summed E-state index contributed by atoms with van der Waals surface area (Å²) in [6.45, 7) is 19.3. The molecule has 0 amide bonds. The van der Waals surface area contributed by atoms with Crippen molar-refractivity contribution in [3.8, 4) is 0 Å². The van der Waals surface area contributed by atoms with Crippen LogP contribution in [-0.4, -0.2) is 0 Å². The summed E-state index contributed by atoms with van der Waals surface area (Å²) in [7, 11) is 0. The highest BCUT2D eigenvalue weighted by Crippen LogP contribution is 2.33. The Kier molecular flexibility index (Phi) is 7.78. The fourth-order valence-electron chi connectivity index (χ4n) is 3.20. The van der Waals surface area contributed by atoms with Gasteiger partial charge in [0, 0.05) is 11.6 Å². The molecular formula is C23H33N. The zero-order valence-corrected chi connectivity index (χ0v) is 16.0. The Morgan fingerprint density at radius 2 is 2.00 bits per heavy atom. The van der Waals surface area contributed by atoms with Crippen LogP contribution in [0.2, 0.25) is 0 Å². The van der Waals surface area contributed by atoms with Crippen LogP contribution in [0.1, 0.15) is 41.0 Å². The lowest BCUT2D eigenvalue weighted by Gasteiger charge is -2.25. The molecule has 0 saturated carbocycles. The minimum atomic E-state index is 0.252. The van der Waals surface area contributed by atoms with Gasteiger partial charge < -0.3 is 5.73 Å². The molecule has 0 spiro atoms. The molecule has 0 bridgehead atoms. The third-order valence-corrected chi connectivity index (χ3v) is 4.52. The molecular weight excluding hydrogens is 290 g/mol. The molecule has 0 radical (unpaired) electrons. The average Bonchev–Trinajstić information content (AvgIpc) is 2.72. The van der Waals surface area contributed by atoms with Crippen LogP contribution in [0.4, 0.5) is 0 Å². The Morgan fingerprint density at radius 3 is 2.54 bits per heavy atom. The molecule has 1 rings (SSSR count). The maximum Gasteiger partial charge on any atom is 0.00804 e. The SMILES string of the molecule is C=C/C(C1=CC=CC(C)C=C1)=C(\C)[C@@H](C(=C)/C=C(/N)CC)C(C)C. The van der Waals surface area contributed by atoms with E-state index in [1.807, 2.05) is 12.2 Å². The van der Waals surface area contributed by atoms with Gasteiger partial charge in [-0.2, -0.15) is 0 Å². The monoisotopic (exact) mass is 323 g/mol. The van der Waals surface area contributed by atoms with Crippen LogP contribution in [0.5, 0.6) is 0 Å². The number of rotatable bonds is 7. The van der Waals surface area contributed by atoms with Gasteiger partial charge in [0.15, 0.2) is 0 Å². The van der Waals surface area contributed by atoms with Gasteiger partial charge in [0.25, 0.3) is 0 Å². The predicted octanol–water partition coefficient (Wildman–Crippen LogP) is 6.26. The van der Waals surface area contributed by atoms with Gasteiger partial charge in [0.2, 0.25) is 0 Å². The summed E-state index contributed by atoms with van der Waals surface area (Å²) in [6.07, 6.45) is 15.8. The van der Waals surface area contributed by atoms with Gasteiger partial charge in [-0.3, -0.25) is 0 Å². The molecule has 1 unspecified atom stereocenters. The van der Waals surface area contributed by atoms with E-state index in [0.717, 1.165) is 17.7 Å². The third-order valence-electron chi connectivity index (χ3n) is 4.52. The average molecular weight is 324 g/mol. The van der Waals surface area contributed by atoms with Crippen LogP contribution in [0.3, 0.4) is 0 Å². The van der Waals surface area contributed by atoms with Crippen molar-refractivity contribution in [1.29, 1.82) is 0 Å². The second-order valence-electron chi connectivity index (χ2n) is 6.90. The Bertz CT molecular complexity index is 620. The standard InChI is InChI=1S/C23H33N/c1-8-21(24)15-18(6)23(16(3)4)19(7)22(9-2)20-12-10-11-17(5)13-14-20/h9-17,23H,2,6,8,24H2,1,3-5,7H3/b21-15+,22-19-/t17?,23-/m1/s1. The van der Waals surface area contributed by atoms with E-state index in [2.05, 4.69) is 78.2 Å². The summed E-state index contributed by atoms with van der Waals surface area (Å²) < 4.78 is 0. The van der Waals surface area contributed by atoms with Gasteiger partial charge in [0.1, 0.15) is 0 Å². The van der Waals surface area contributed by atoms with Gasteiger partial charge in [-0.1, -0.05) is 82.9 Å². The molecule has 130 valence electrons. The van der Waals surface area contributed by atoms with Crippen molar-refractivity contribution in [2.75, 3.05) is 0 Å².